The highest BCUT2D eigenvalue weighted by atomic mass is 19.1. The van der Waals surface area contributed by atoms with Crippen molar-refractivity contribution in [3.8, 4) is 0 Å². The summed E-state index contributed by atoms with van der Waals surface area (Å²) in [5.74, 6) is -1.05. The van der Waals surface area contributed by atoms with Crippen molar-refractivity contribution < 1.29 is 18.7 Å². The Balaban J connectivity index is 1.42. The lowest BCUT2D eigenvalue weighted by molar-refractivity contribution is 0.0869. The Morgan fingerprint density at radius 1 is 1.09 bits per heavy atom. The molecule has 168 valence electrons. The molecule has 6 nitrogen and oxygen atoms in total. The van der Waals surface area contributed by atoms with Gasteiger partial charge in [0.05, 0.1) is 29.4 Å². The van der Waals surface area contributed by atoms with Crippen molar-refractivity contribution in [1.82, 2.24) is 14.9 Å². The van der Waals surface area contributed by atoms with Crippen molar-refractivity contribution in [2.24, 2.45) is 0 Å². The van der Waals surface area contributed by atoms with E-state index in [0.717, 1.165) is 44.0 Å². The fourth-order valence-electron chi connectivity index (χ4n) is 4.98. The van der Waals surface area contributed by atoms with Crippen molar-refractivity contribution in [1.29, 1.82) is 0 Å². The van der Waals surface area contributed by atoms with Crippen LogP contribution in [0, 0.1) is 11.6 Å². The van der Waals surface area contributed by atoms with Crippen LogP contribution >= 0.6 is 0 Å². The number of hydrogen-bond acceptors (Lipinski definition) is 4. The van der Waals surface area contributed by atoms with Gasteiger partial charge in [0.2, 0.25) is 0 Å². The number of benzene rings is 1. The Hall–Kier alpha value is -3.00. The Kier molecular flexibility index (Phi) is 5.55. The van der Waals surface area contributed by atoms with Crippen LogP contribution in [-0.2, 0) is 0 Å². The molecule has 5 rings (SSSR count). The molecule has 1 aliphatic heterocycles. The molecule has 1 aromatic carbocycles. The molecule has 2 fully saturated rings. The SMILES string of the molecule is O=C(NC1CCC(O)CC1)c1cnn2ccc(N3CCCC3c3cc(F)ccc3F)cc12. The summed E-state index contributed by atoms with van der Waals surface area (Å²) in [4.78, 5) is 15.0. The topological polar surface area (TPSA) is 69.9 Å². The Labute approximate surface area is 184 Å². The highest BCUT2D eigenvalue weighted by Gasteiger charge is 2.29. The van der Waals surface area contributed by atoms with Gasteiger partial charge >= 0.3 is 0 Å². The molecule has 1 unspecified atom stereocenters. The predicted molar refractivity (Wildman–Crippen MR) is 117 cm³/mol. The second-order valence-corrected chi connectivity index (χ2v) is 8.77. The molecule has 3 aromatic rings. The van der Waals surface area contributed by atoms with Crippen LogP contribution in [0.5, 0.6) is 0 Å². The maximum absolute atomic E-state index is 14.5. The number of aliphatic hydroxyl groups is 1. The van der Waals surface area contributed by atoms with E-state index in [-0.39, 0.29) is 24.1 Å². The summed E-state index contributed by atoms with van der Waals surface area (Å²) in [7, 11) is 0. The summed E-state index contributed by atoms with van der Waals surface area (Å²) in [5, 5.41) is 17.0. The number of carbonyl (C=O) groups is 1. The monoisotopic (exact) mass is 440 g/mol. The number of pyridine rings is 1. The third-order valence-corrected chi connectivity index (χ3v) is 6.68. The Morgan fingerprint density at radius 2 is 1.91 bits per heavy atom. The van der Waals surface area contributed by atoms with E-state index in [0.29, 0.717) is 29.5 Å². The lowest BCUT2D eigenvalue weighted by Gasteiger charge is -2.28. The maximum atomic E-state index is 14.5. The van der Waals surface area contributed by atoms with E-state index >= 15 is 0 Å². The quantitative estimate of drug-likeness (QED) is 0.644. The van der Waals surface area contributed by atoms with Gasteiger partial charge in [-0.15, -0.1) is 0 Å². The molecule has 0 spiro atoms. The lowest BCUT2D eigenvalue weighted by Crippen LogP contribution is -2.38. The van der Waals surface area contributed by atoms with Crippen LogP contribution in [0.25, 0.3) is 5.52 Å². The maximum Gasteiger partial charge on any atom is 0.255 e. The van der Waals surface area contributed by atoms with Gasteiger partial charge in [-0.05, 0) is 68.9 Å². The number of amides is 1. The van der Waals surface area contributed by atoms with Gasteiger partial charge in [0.25, 0.3) is 5.91 Å². The molecular weight excluding hydrogens is 414 g/mol. The number of aromatic nitrogens is 2. The summed E-state index contributed by atoms with van der Waals surface area (Å²) < 4.78 is 29.9. The normalized spacial score (nSPS) is 23.6. The van der Waals surface area contributed by atoms with Gasteiger partial charge in [0, 0.05) is 30.0 Å². The van der Waals surface area contributed by atoms with Gasteiger partial charge in [-0.25, -0.2) is 13.3 Å². The van der Waals surface area contributed by atoms with Crippen LogP contribution in [0.4, 0.5) is 14.5 Å². The average molecular weight is 440 g/mol. The molecule has 1 saturated carbocycles. The molecule has 0 bridgehead atoms. The Bertz CT molecular complexity index is 1140. The van der Waals surface area contributed by atoms with E-state index in [1.54, 1.807) is 16.9 Å². The van der Waals surface area contributed by atoms with E-state index in [1.807, 2.05) is 12.1 Å². The summed E-state index contributed by atoms with van der Waals surface area (Å²) in [6.45, 7) is 0.719. The van der Waals surface area contributed by atoms with Gasteiger partial charge in [0.1, 0.15) is 11.6 Å². The molecule has 1 saturated heterocycles. The molecular formula is C24H26F2N4O2. The molecule has 32 heavy (non-hydrogen) atoms. The number of hydrogen-bond donors (Lipinski definition) is 2. The molecule has 3 heterocycles. The van der Waals surface area contributed by atoms with E-state index in [2.05, 4.69) is 15.3 Å². The average Bonchev–Trinajstić information content (AvgIpc) is 3.43. The standard InChI is InChI=1S/C24H26F2N4O2/c25-15-3-8-21(26)19(12-15)22-2-1-10-29(22)17-9-11-30-23(13-17)20(14-27-30)24(32)28-16-4-6-18(31)7-5-16/h3,8-9,11-14,16,18,22,31H,1-2,4-7,10H2,(H,28,32). The minimum Gasteiger partial charge on any atom is -0.393 e. The van der Waals surface area contributed by atoms with Crippen molar-refractivity contribution in [3.05, 3.63) is 65.5 Å². The van der Waals surface area contributed by atoms with E-state index < -0.39 is 11.6 Å². The molecule has 1 amide bonds. The molecule has 2 aromatic heterocycles. The van der Waals surface area contributed by atoms with Crippen LogP contribution in [0.2, 0.25) is 0 Å². The molecule has 0 radical (unpaired) electrons. The summed E-state index contributed by atoms with van der Waals surface area (Å²) in [6, 6.07) is 7.14. The number of aliphatic hydroxyl groups excluding tert-OH is 1. The second kappa shape index (κ2) is 8.50. The van der Waals surface area contributed by atoms with E-state index in [1.165, 1.54) is 12.1 Å². The van der Waals surface area contributed by atoms with Crippen LogP contribution in [0.3, 0.4) is 0 Å². The van der Waals surface area contributed by atoms with E-state index in [9.17, 15) is 18.7 Å². The number of halogens is 2. The number of fused-ring (bicyclic) bond motifs is 1. The summed E-state index contributed by atoms with van der Waals surface area (Å²) in [5.41, 5.74) is 2.35. The minimum absolute atomic E-state index is 0.0444. The summed E-state index contributed by atoms with van der Waals surface area (Å²) >= 11 is 0. The third kappa shape index (κ3) is 3.95. The summed E-state index contributed by atoms with van der Waals surface area (Å²) in [6.07, 6.45) is 7.55. The number of carbonyl (C=O) groups excluding carboxylic acids is 1. The first-order valence-electron chi connectivity index (χ1n) is 11.2. The zero-order chi connectivity index (χ0) is 22.2. The molecule has 2 N–H and O–H groups in total. The van der Waals surface area contributed by atoms with Gasteiger partial charge < -0.3 is 15.3 Å². The molecule has 1 aliphatic carbocycles. The largest absolute Gasteiger partial charge is 0.393 e. The fraction of sp³-hybridized carbons (Fsp3) is 0.417. The number of rotatable bonds is 4. The van der Waals surface area contributed by atoms with Gasteiger partial charge in [-0.2, -0.15) is 5.10 Å². The van der Waals surface area contributed by atoms with Crippen molar-refractivity contribution in [2.75, 3.05) is 11.4 Å². The zero-order valence-corrected chi connectivity index (χ0v) is 17.7. The first-order chi connectivity index (χ1) is 15.5. The third-order valence-electron chi connectivity index (χ3n) is 6.68. The molecule has 1 atom stereocenters. The predicted octanol–water partition coefficient (Wildman–Crippen LogP) is 3.99. The Morgan fingerprint density at radius 3 is 2.72 bits per heavy atom. The van der Waals surface area contributed by atoms with Crippen molar-refractivity contribution >= 4 is 17.1 Å². The number of nitrogens with zero attached hydrogens (tertiary/aromatic N) is 3. The highest BCUT2D eigenvalue weighted by Crippen LogP contribution is 2.38. The van der Waals surface area contributed by atoms with Gasteiger partial charge in [-0.1, -0.05) is 0 Å². The van der Waals surface area contributed by atoms with Crippen LogP contribution in [-0.4, -0.2) is 39.3 Å². The first kappa shape index (κ1) is 20.9. The molecule has 2 aliphatic rings. The smallest absolute Gasteiger partial charge is 0.255 e. The van der Waals surface area contributed by atoms with Crippen LogP contribution in [0.1, 0.15) is 60.5 Å². The van der Waals surface area contributed by atoms with Crippen LogP contribution in [0.15, 0.2) is 42.7 Å². The van der Waals surface area contributed by atoms with Crippen molar-refractivity contribution in [2.45, 2.75) is 56.7 Å². The fourth-order valence-corrected chi connectivity index (χ4v) is 4.98. The first-order valence-corrected chi connectivity index (χ1v) is 11.2. The number of anilines is 1. The zero-order valence-electron chi connectivity index (χ0n) is 17.7. The van der Waals surface area contributed by atoms with Crippen LogP contribution < -0.4 is 10.2 Å². The lowest BCUT2D eigenvalue weighted by atomic mass is 9.93. The van der Waals surface area contributed by atoms with Gasteiger partial charge in [0.15, 0.2) is 0 Å². The van der Waals surface area contributed by atoms with Crippen molar-refractivity contribution in [3.63, 3.8) is 0 Å². The van der Waals surface area contributed by atoms with Gasteiger partial charge in [-0.3, -0.25) is 4.79 Å². The molecule has 8 heteroatoms. The van der Waals surface area contributed by atoms with E-state index in [4.69, 9.17) is 0 Å². The second-order valence-electron chi connectivity index (χ2n) is 8.77. The minimum atomic E-state index is -0.450. The highest BCUT2D eigenvalue weighted by molar-refractivity contribution is 6.01. The number of nitrogens with one attached hydrogen (secondary N) is 1.